The molecule has 0 radical (unpaired) electrons. The Morgan fingerprint density at radius 1 is 1.19 bits per heavy atom. The lowest BCUT2D eigenvalue weighted by Crippen LogP contribution is -2.21. The van der Waals surface area contributed by atoms with Crippen molar-refractivity contribution in [2.24, 2.45) is 5.16 Å². The highest BCUT2D eigenvalue weighted by Crippen LogP contribution is 2.14. The molecule has 1 aromatic carbocycles. The number of oxime groups is 1. The molecule has 2 N–H and O–H groups in total. The Bertz CT molecular complexity index is 532. The average Bonchev–Trinajstić information content (AvgIpc) is 2.48. The maximum absolute atomic E-state index is 6.04. The molecule has 1 rings (SSSR count). The molecule has 0 aromatic heterocycles. The molecule has 0 amide bonds. The molecular weight excluding hydrogens is 294 g/mol. The molecule has 6 nitrogen and oxygen atoms in total. The molecule has 0 spiro atoms. The van der Waals surface area contributed by atoms with E-state index in [4.69, 9.17) is 21.3 Å². The van der Waals surface area contributed by atoms with Gasteiger partial charge in [-0.2, -0.15) is 0 Å². The third kappa shape index (κ3) is 5.47. The minimum atomic E-state index is 0.251. The summed E-state index contributed by atoms with van der Waals surface area (Å²) >= 11 is 6.04. The van der Waals surface area contributed by atoms with Crippen LogP contribution in [0.3, 0.4) is 0 Å². The molecule has 1 aromatic rings. The van der Waals surface area contributed by atoms with E-state index in [1.807, 2.05) is 24.3 Å². The maximum atomic E-state index is 6.04. The molecule has 0 unspecified atom stereocenters. The summed E-state index contributed by atoms with van der Waals surface area (Å²) in [5.74, 6) is 0. The first-order valence-electron chi connectivity index (χ1n) is 6.00. The zero-order valence-electron chi connectivity index (χ0n) is 12.0. The fraction of sp³-hybridized carbons (Fsp3) is 0.214. The van der Waals surface area contributed by atoms with Gasteiger partial charge in [-0.15, -0.1) is 0 Å². The highest BCUT2D eigenvalue weighted by molar-refractivity contribution is 6.69. The summed E-state index contributed by atoms with van der Waals surface area (Å²) in [6.07, 6.45) is 0. The molecular formula is C14H18ClN3O3. The molecule has 0 atom stereocenters. The van der Waals surface area contributed by atoms with Gasteiger partial charge in [-0.1, -0.05) is 54.2 Å². The van der Waals surface area contributed by atoms with Gasteiger partial charge in [0, 0.05) is 5.56 Å². The Morgan fingerprint density at radius 2 is 1.86 bits per heavy atom. The van der Waals surface area contributed by atoms with Gasteiger partial charge in [0.05, 0.1) is 18.5 Å². The van der Waals surface area contributed by atoms with Crippen molar-refractivity contribution in [1.82, 2.24) is 11.0 Å². The largest absolute Gasteiger partial charge is 0.398 e. The van der Waals surface area contributed by atoms with E-state index in [2.05, 4.69) is 34.1 Å². The summed E-state index contributed by atoms with van der Waals surface area (Å²) in [5.41, 5.74) is 7.69. The number of hydrogen-bond acceptors (Lipinski definition) is 6. The van der Waals surface area contributed by atoms with Crippen LogP contribution in [0.2, 0.25) is 0 Å². The highest BCUT2D eigenvalue weighted by Gasteiger charge is 2.08. The van der Waals surface area contributed by atoms with Gasteiger partial charge in [0.1, 0.15) is 13.7 Å². The summed E-state index contributed by atoms with van der Waals surface area (Å²) in [7, 11) is 2.91. The monoisotopic (exact) mass is 311 g/mol. The molecule has 0 fully saturated rings. The quantitative estimate of drug-likeness (QED) is 0.416. The van der Waals surface area contributed by atoms with E-state index in [0.717, 1.165) is 11.1 Å². The Labute approximate surface area is 128 Å². The predicted molar refractivity (Wildman–Crippen MR) is 82.2 cm³/mol. The van der Waals surface area contributed by atoms with Crippen LogP contribution in [0, 0.1) is 0 Å². The lowest BCUT2D eigenvalue weighted by molar-refractivity contribution is 0.0456. The van der Waals surface area contributed by atoms with Crippen LogP contribution in [0.15, 0.2) is 54.0 Å². The predicted octanol–water partition coefficient (Wildman–Crippen LogP) is 2.43. The van der Waals surface area contributed by atoms with Crippen LogP contribution in [-0.4, -0.2) is 19.4 Å². The maximum Gasteiger partial charge on any atom is 0.175 e. The summed E-state index contributed by atoms with van der Waals surface area (Å²) in [6.45, 7) is 7.70. The second-order valence-corrected chi connectivity index (χ2v) is 4.23. The van der Waals surface area contributed by atoms with E-state index in [9.17, 15) is 0 Å². The van der Waals surface area contributed by atoms with Crippen LogP contribution in [0.1, 0.15) is 11.1 Å². The molecule has 0 saturated heterocycles. The van der Waals surface area contributed by atoms with Crippen molar-refractivity contribution in [2.45, 2.75) is 6.61 Å². The zero-order valence-corrected chi connectivity index (χ0v) is 12.7. The topological polar surface area (TPSA) is 64.1 Å². The van der Waals surface area contributed by atoms with E-state index in [0.29, 0.717) is 11.4 Å². The minimum Gasteiger partial charge on any atom is -0.398 e. The Morgan fingerprint density at radius 3 is 2.52 bits per heavy atom. The van der Waals surface area contributed by atoms with Gasteiger partial charge in [0.25, 0.3) is 0 Å². The van der Waals surface area contributed by atoms with Crippen molar-refractivity contribution in [3.63, 3.8) is 0 Å². The number of hydrogen-bond donors (Lipinski definition) is 2. The normalized spacial score (nSPS) is 10.9. The summed E-state index contributed by atoms with van der Waals surface area (Å²) < 4.78 is 0. The molecule has 0 heterocycles. The van der Waals surface area contributed by atoms with E-state index in [1.54, 1.807) is 0 Å². The van der Waals surface area contributed by atoms with Crippen LogP contribution < -0.4 is 11.0 Å². The van der Waals surface area contributed by atoms with Gasteiger partial charge in [0.15, 0.2) is 5.17 Å². The fourth-order valence-corrected chi connectivity index (χ4v) is 1.68. The van der Waals surface area contributed by atoms with Crippen molar-refractivity contribution in [3.05, 3.63) is 59.9 Å². The molecule has 0 bridgehead atoms. The first kappa shape index (κ1) is 17.0. The van der Waals surface area contributed by atoms with Crippen molar-refractivity contribution in [1.29, 1.82) is 0 Å². The van der Waals surface area contributed by atoms with Gasteiger partial charge in [-0.05, 0) is 5.56 Å². The van der Waals surface area contributed by atoms with E-state index < -0.39 is 0 Å². The van der Waals surface area contributed by atoms with Crippen LogP contribution in [0.4, 0.5) is 0 Å². The smallest absolute Gasteiger partial charge is 0.175 e. The molecule has 0 saturated carbocycles. The molecule has 0 aliphatic heterocycles. The van der Waals surface area contributed by atoms with E-state index in [1.165, 1.54) is 14.2 Å². The standard InChI is InChI=1S/C14H18ClN3O3/c1-10(16-19-3)11(2)17-21-9-12-7-5-6-8-13(12)14(15)18-20-4/h5-8,16-17H,1-2,9H2,3-4H3. The van der Waals surface area contributed by atoms with E-state index >= 15 is 0 Å². The number of nitrogens with one attached hydrogen (secondary N) is 2. The van der Waals surface area contributed by atoms with Gasteiger partial charge < -0.3 is 4.84 Å². The molecule has 0 aliphatic rings. The zero-order chi connectivity index (χ0) is 15.7. The number of benzene rings is 1. The first-order chi connectivity index (χ1) is 10.1. The fourth-order valence-electron chi connectivity index (χ4n) is 1.42. The SMILES string of the molecule is C=C(NOC)C(=C)NOCc1ccccc1C(Cl)=NOC. The third-order valence-corrected chi connectivity index (χ3v) is 2.70. The summed E-state index contributed by atoms with van der Waals surface area (Å²) in [4.78, 5) is 14.7. The van der Waals surface area contributed by atoms with Crippen molar-refractivity contribution >= 4 is 16.8 Å². The molecule has 21 heavy (non-hydrogen) atoms. The Hall–Kier alpha value is -2.02. The molecule has 0 aliphatic carbocycles. The minimum absolute atomic E-state index is 0.251. The lowest BCUT2D eigenvalue weighted by Gasteiger charge is -2.13. The van der Waals surface area contributed by atoms with E-state index in [-0.39, 0.29) is 11.8 Å². The van der Waals surface area contributed by atoms with Crippen LogP contribution in [0.25, 0.3) is 0 Å². The second-order valence-electron chi connectivity index (χ2n) is 3.88. The summed E-state index contributed by atoms with van der Waals surface area (Å²) in [5, 5.41) is 3.95. The van der Waals surface area contributed by atoms with Crippen LogP contribution in [-0.2, 0) is 21.1 Å². The number of hydroxylamine groups is 2. The third-order valence-electron chi connectivity index (χ3n) is 2.42. The highest BCUT2D eigenvalue weighted by atomic mass is 35.5. The molecule has 114 valence electrons. The second kappa shape index (κ2) is 9.02. The van der Waals surface area contributed by atoms with Gasteiger partial charge >= 0.3 is 0 Å². The van der Waals surface area contributed by atoms with Gasteiger partial charge in [-0.3, -0.25) is 20.6 Å². The van der Waals surface area contributed by atoms with Crippen molar-refractivity contribution in [3.8, 4) is 0 Å². The number of rotatable bonds is 9. The number of nitrogens with zero attached hydrogens (tertiary/aromatic N) is 1. The van der Waals surface area contributed by atoms with Crippen LogP contribution in [0.5, 0.6) is 0 Å². The Kier molecular flexibility index (Phi) is 7.31. The first-order valence-corrected chi connectivity index (χ1v) is 6.37. The van der Waals surface area contributed by atoms with Gasteiger partial charge in [0.2, 0.25) is 0 Å². The Balaban J connectivity index is 2.62. The van der Waals surface area contributed by atoms with Crippen molar-refractivity contribution in [2.75, 3.05) is 14.2 Å². The molecule has 7 heteroatoms. The summed E-state index contributed by atoms with van der Waals surface area (Å²) in [6, 6.07) is 7.42. The lowest BCUT2D eigenvalue weighted by atomic mass is 10.1. The number of halogens is 1. The van der Waals surface area contributed by atoms with Gasteiger partial charge in [-0.25, -0.2) is 0 Å². The van der Waals surface area contributed by atoms with Crippen LogP contribution >= 0.6 is 11.6 Å². The average molecular weight is 312 g/mol. The van der Waals surface area contributed by atoms with Crippen molar-refractivity contribution < 1.29 is 14.5 Å².